The Labute approximate surface area is 192 Å². The molecule has 1 amide bonds. The molecule has 3 aromatic rings. The standard InChI is InChI=1S/C24H24N2O6S/c1-3-30-20-9-11-21(12-10-20)33(28,29)25-19-7-5-18(6-8-19)24(27)26(2)15-17-4-13-22-23(14-17)32-16-31-22/h4-14,25H,3,15-16H2,1-2H3. The van der Waals surface area contributed by atoms with Gasteiger partial charge in [-0.1, -0.05) is 6.07 Å². The van der Waals surface area contributed by atoms with Crippen LogP contribution < -0.4 is 18.9 Å². The molecule has 0 aliphatic carbocycles. The molecule has 172 valence electrons. The molecule has 4 rings (SSSR count). The summed E-state index contributed by atoms with van der Waals surface area (Å²) in [6.45, 7) is 2.95. The van der Waals surface area contributed by atoms with Crippen LogP contribution in [0.4, 0.5) is 5.69 Å². The van der Waals surface area contributed by atoms with Crippen molar-refractivity contribution in [1.29, 1.82) is 0 Å². The molecule has 1 heterocycles. The number of benzene rings is 3. The largest absolute Gasteiger partial charge is 0.494 e. The lowest BCUT2D eigenvalue weighted by Gasteiger charge is -2.18. The van der Waals surface area contributed by atoms with Crippen LogP contribution >= 0.6 is 0 Å². The van der Waals surface area contributed by atoms with Gasteiger partial charge in [-0.2, -0.15) is 0 Å². The van der Waals surface area contributed by atoms with Gasteiger partial charge in [0.05, 0.1) is 11.5 Å². The second-order valence-corrected chi connectivity index (χ2v) is 9.12. The number of anilines is 1. The maximum absolute atomic E-state index is 12.8. The maximum atomic E-state index is 12.8. The second kappa shape index (κ2) is 9.41. The molecule has 33 heavy (non-hydrogen) atoms. The summed E-state index contributed by atoms with van der Waals surface area (Å²) in [5.74, 6) is 1.77. The van der Waals surface area contributed by atoms with E-state index >= 15 is 0 Å². The van der Waals surface area contributed by atoms with E-state index in [4.69, 9.17) is 14.2 Å². The van der Waals surface area contributed by atoms with Crippen molar-refractivity contribution >= 4 is 21.6 Å². The lowest BCUT2D eigenvalue weighted by atomic mass is 10.1. The van der Waals surface area contributed by atoms with E-state index in [1.54, 1.807) is 48.3 Å². The van der Waals surface area contributed by atoms with Crippen molar-refractivity contribution in [3.05, 3.63) is 77.9 Å². The Morgan fingerprint density at radius 2 is 1.70 bits per heavy atom. The Kier molecular flexibility index (Phi) is 6.41. The number of hydrogen-bond donors (Lipinski definition) is 1. The Hall–Kier alpha value is -3.72. The third-order valence-electron chi connectivity index (χ3n) is 5.03. The average Bonchev–Trinajstić information content (AvgIpc) is 3.27. The smallest absolute Gasteiger partial charge is 0.261 e. The van der Waals surface area contributed by atoms with E-state index in [0.717, 1.165) is 5.56 Å². The molecule has 0 saturated heterocycles. The molecule has 1 aliphatic rings. The van der Waals surface area contributed by atoms with Crippen molar-refractivity contribution in [2.75, 3.05) is 25.2 Å². The minimum Gasteiger partial charge on any atom is -0.494 e. The Morgan fingerprint density at radius 3 is 2.39 bits per heavy atom. The molecular formula is C24H24N2O6S. The zero-order valence-corrected chi connectivity index (χ0v) is 19.1. The van der Waals surface area contributed by atoms with E-state index in [1.807, 2.05) is 25.1 Å². The molecule has 0 fully saturated rings. The van der Waals surface area contributed by atoms with Gasteiger partial charge in [-0.25, -0.2) is 8.42 Å². The zero-order chi connectivity index (χ0) is 23.4. The molecule has 3 aromatic carbocycles. The number of nitrogens with zero attached hydrogens (tertiary/aromatic N) is 1. The first kappa shape index (κ1) is 22.5. The molecule has 0 bridgehead atoms. The van der Waals surface area contributed by atoms with Crippen LogP contribution in [0.2, 0.25) is 0 Å². The lowest BCUT2D eigenvalue weighted by Crippen LogP contribution is -2.26. The summed E-state index contributed by atoms with van der Waals surface area (Å²) in [6.07, 6.45) is 0. The molecule has 0 unspecified atom stereocenters. The predicted molar refractivity (Wildman–Crippen MR) is 123 cm³/mol. The Morgan fingerprint density at radius 1 is 1.00 bits per heavy atom. The number of sulfonamides is 1. The summed E-state index contributed by atoms with van der Waals surface area (Å²) in [5.41, 5.74) is 1.72. The maximum Gasteiger partial charge on any atom is 0.261 e. The van der Waals surface area contributed by atoms with Gasteiger partial charge in [-0.3, -0.25) is 9.52 Å². The summed E-state index contributed by atoms with van der Waals surface area (Å²) in [7, 11) is -2.06. The van der Waals surface area contributed by atoms with Gasteiger partial charge < -0.3 is 19.1 Å². The number of hydrogen-bond acceptors (Lipinski definition) is 6. The van der Waals surface area contributed by atoms with E-state index in [2.05, 4.69) is 4.72 Å². The predicted octanol–water partition coefficient (Wildman–Crippen LogP) is 3.89. The van der Waals surface area contributed by atoms with Crippen LogP contribution in [0.3, 0.4) is 0 Å². The normalized spacial score (nSPS) is 12.3. The summed E-state index contributed by atoms with van der Waals surface area (Å²) >= 11 is 0. The summed E-state index contributed by atoms with van der Waals surface area (Å²) in [5, 5.41) is 0. The minimum atomic E-state index is -3.76. The fourth-order valence-electron chi connectivity index (χ4n) is 3.38. The van der Waals surface area contributed by atoms with Crippen LogP contribution in [0.15, 0.2) is 71.6 Å². The van der Waals surface area contributed by atoms with Crippen LogP contribution in [0.25, 0.3) is 0 Å². The number of amides is 1. The van der Waals surface area contributed by atoms with Gasteiger partial charge in [0, 0.05) is 24.8 Å². The first-order chi connectivity index (χ1) is 15.9. The molecule has 0 spiro atoms. The molecule has 8 nitrogen and oxygen atoms in total. The highest BCUT2D eigenvalue weighted by molar-refractivity contribution is 7.92. The van der Waals surface area contributed by atoms with Gasteiger partial charge in [0.25, 0.3) is 15.9 Å². The van der Waals surface area contributed by atoms with Crippen molar-refractivity contribution in [2.24, 2.45) is 0 Å². The van der Waals surface area contributed by atoms with Gasteiger partial charge in [0.2, 0.25) is 6.79 Å². The third-order valence-corrected chi connectivity index (χ3v) is 6.43. The number of carbonyl (C=O) groups excluding carboxylic acids is 1. The van der Waals surface area contributed by atoms with Crippen LogP contribution in [0.5, 0.6) is 17.2 Å². The van der Waals surface area contributed by atoms with Crippen molar-refractivity contribution in [3.63, 3.8) is 0 Å². The fourth-order valence-corrected chi connectivity index (χ4v) is 4.44. The van der Waals surface area contributed by atoms with E-state index in [9.17, 15) is 13.2 Å². The van der Waals surface area contributed by atoms with Crippen LogP contribution in [0.1, 0.15) is 22.8 Å². The fraction of sp³-hybridized carbons (Fsp3) is 0.208. The van der Waals surface area contributed by atoms with Gasteiger partial charge >= 0.3 is 0 Å². The minimum absolute atomic E-state index is 0.120. The molecule has 0 radical (unpaired) electrons. The quantitative estimate of drug-likeness (QED) is 0.539. The number of ether oxygens (including phenoxy) is 3. The number of nitrogens with one attached hydrogen (secondary N) is 1. The van der Waals surface area contributed by atoms with Crippen molar-refractivity contribution in [2.45, 2.75) is 18.4 Å². The molecule has 1 N–H and O–H groups in total. The van der Waals surface area contributed by atoms with Crippen molar-refractivity contribution in [1.82, 2.24) is 4.90 Å². The van der Waals surface area contributed by atoms with Crippen LogP contribution in [0, 0.1) is 0 Å². The first-order valence-corrected chi connectivity index (χ1v) is 11.8. The van der Waals surface area contributed by atoms with E-state index < -0.39 is 10.0 Å². The summed E-state index contributed by atoms with van der Waals surface area (Å²) < 4.78 is 43.8. The third kappa shape index (κ3) is 5.20. The number of fused-ring (bicyclic) bond motifs is 1. The van der Waals surface area contributed by atoms with Crippen LogP contribution in [-0.2, 0) is 16.6 Å². The van der Waals surface area contributed by atoms with E-state index in [0.29, 0.717) is 41.7 Å². The molecule has 0 aromatic heterocycles. The van der Waals surface area contributed by atoms with Gasteiger partial charge in [0.15, 0.2) is 11.5 Å². The lowest BCUT2D eigenvalue weighted by molar-refractivity contribution is 0.0785. The number of carbonyl (C=O) groups is 1. The first-order valence-electron chi connectivity index (χ1n) is 10.4. The zero-order valence-electron chi connectivity index (χ0n) is 18.3. The molecule has 9 heteroatoms. The molecule has 0 atom stereocenters. The monoisotopic (exact) mass is 468 g/mol. The Balaban J connectivity index is 1.40. The van der Waals surface area contributed by atoms with Crippen molar-refractivity contribution in [3.8, 4) is 17.2 Å². The van der Waals surface area contributed by atoms with Crippen molar-refractivity contribution < 1.29 is 27.4 Å². The highest BCUT2D eigenvalue weighted by atomic mass is 32.2. The molecular weight excluding hydrogens is 444 g/mol. The SMILES string of the molecule is CCOc1ccc(S(=O)(=O)Nc2ccc(C(=O)N(C)Cc3ccc4c(c3)OCO4)cc2)cc1. The topological polar surface area (TPSA) is 94.2 Å². The Bertz CT molecular complexity index is 1240. The van der Waals surface area contributed by atoms with E-state index in [1.165, 1.54) is 12.1 Å². The summed E-state index contributed by atoms with van der Waals surface area (Å²) in [4.78, 5) is 14.5. The molecule has 0 saturated carbocycles. The highest BCUT2D eigenvalue weighted by Crippen LogP contribution is 2.32. The summed E-state index contributed by atoms with van der Waals surface area (Å²) in [6, 6.07) is 18.0. The van der Waals surface area contributed by atoms with Gasteiger partial charge in [-0.05, 0) is 73.2 Å². The number of rotatable bonds is 8. The highest BCUT2D eigenvalue weighted by Gasteiger charge is 2.18. The second-order valence-electron chi connectivity index (χ2n) is 7.44. The van der Waals surface area contributed by atoms with Gasteiger partial charge in [-0.15, -0.1) is 0 Å². The molecule has 1 aliphatic heterocycles. The van der Waals surface area contributed by atoms with Crippen LogP contribution in [-0.4, -0.2) is 39.7 Å². The van der Waals surface area contributed by atoms with E-state index in [-0.39, 0.29) is 17.6 Å². The van der Waals surface area contributed by atoms with Gasteiger partial charge in [0.1, 0.15) is 5.75 Å². The average molecular weight is 469 g/mol.